The van der Waals surface area contributed by atoms with Crippen LogP contribution in [0.2, 0.25) is 0 Å². The number of nitrogens with one attached hydrogen (secondary N) is 1. The SMILES string of the molecule is S=c1[nH]nc(N2CC3CCC2C3)n1C1CCCCC1. The Morgan fingerprint density at radius 2 is 1.89 bits per heavy atom. The van der Waals surface area contributed by atoms with E-state index in [1.807, 2.05) is 0 Å². The maximum Gasteiger partial charge on any atom is 0.226 e. The van der Waals surface area contributed by atoms with Crippen LogP contribution < -0.4 is 4.90 Å². The Bertz CT molecular complexity index is 514. The first kappa shape index (κ1) is 11.9. The van der Waals surface area contributed by atoms with Gasteiger partial charge in [0.25, 0.3) is 0 Å². The number of nitrogens with zero attached hydrogens (tertiary/aromatic N) is 3. The second-order valence-corrected chi connectivity index (χ2v) is 6.86. The third kappa shape index (κ3) is 1.93. The van der Waals surface area contributed by atoms with Crippen molar-refractivity contribution in [1.82, 2.24) is 14.8 Å². The molecule has 1 N–H and O–H groups in total. The summed E-state index contributed by atoms with van der Waals surface area (Å²) in [5.74, 6) is 2.03. The molecule has 104 valence electrons. The van der Waals surface area contributed by atoms with Gasteiger partial charge in [-0.1, -0.05) is 19.3 Å². The largest absolute Gasteiger partial charge is 0.338 e. The molecule has 0 radical (unpaired) electrons. The molecule has 5 heteroatoms. The van der Waals surface area contributed by atoms with Crippen LogP contribution in [-0.2, 0) is 0 Å². The molecule has 0 amide bonds. The number of fused-ring (bicyclic) bond motifs is 2. The molecule has 0 aromatic carbocycles. The smallest absolute Gasteiger partial charge is 0.226 e. The molecule has 1 saturated heterocycles. The van der Waals surface area contributed by atoms with Gasteiger partial charge in [-0.3, -0.25) is 4.57 Å². The van der Waals surface area contributed by atoms with E-state index < -0.39 is 0 Å². The van der Waals surface area contributed by atoms with Crippen LogP contribution in [0.1, 0.15) is 57.4 Å². The quantitative estimate of drug-likeness (QED) is 0.842. The maximum absolute atomic E-state index is 5.49. The molecule has 2 heterocycles. The molecule has 1 aromatic rings. The molecule has 1 aromatic heterocycles. The highest BCUT2D eigenvalue weighted by atomic mass is 32.1. The molecule has 4 nitrogen and oxygen atoms in total. The number of anilines is 1. The van der Waals surface area contributed by atoms with Crippen LogP contribution in [0.5, 0.6) is 0 Å². The van der Waals surface area contributed by atoms with Crippen LogP contribution >= 0.6 is 12.2 Å². The number of H-pyrrole nitrogens is 1. The van der Waals surface area contributed by atoms with Crippen molar-refractivity contribution in [2.45, 2.75) is 63.5 Å². The highest BCUT2D eigenvalue weighted by Gasteiger charge is 2.40. The highest BCUT2D eigenvalue weighted by molar-refractivity contribution is 7.71. The molecular weight excluding hydrogens is 256 g/mol. The zero-order valence-electron chi connectivity index (χ0n) is 11.3. The number of piperidine rings is 1. The fourth-order valence-electron chi connectivity index (χ4n) is 4.34. The third-order valence-electron chi connectivity index (χ3n) is 5.29. The zero-order chi connectivity index (χ0) is 12.8. The molecule has 3 aliphatic rings. The Morgan fingerprint density at radius 3 is 2.58 bits per heavy atom. The average molecular weight is 278 g/mol. The van der Waals surface area contributed by atoms with Gasteiger partial charge < -0.3 is 4.90 Å². The molecule has 1 aliphatic heterocycles. The van der Waals surface area contributed by atoms with Crippen LogP contribution in [-0.4, -0.2) is 27.4 Å². The Hall–Kier alpha value is -0.840. The van der Waals surface area contributed by atoms with Crippen molar-refractivity contribution in [3.8, 4) is 0 Å². The van der Waals surface area contributed by atoms with E-state index in [9.17, 15) is 0 Å². The minimum absolute atomic E-state index is 0.578. The van der Waals surface area contributed by atoms with Gasteiger partial charge in [-0.15, -0.1) is 5.10 Å². The van der Waals surface area contributed by atoms with Gasteiger partial charge in [0.2, 0.25) is 5.95 Å². The number of rotatable bonds is 2. The monoisotopic (exact) mass is 278 g/mol. The minimum Gasteiger partial charge on any atom is -0.338 e. The summed E-state index contributed by atoms with van der Waals surface area (Å²) in [7, 11) is 0. The number of hydrogen-bond donors (Lipinski definition) is 1. The van der Waals surface area contributed by atoms with Crippen LogP contribution in [0.15, 0.2) is 0 Å². The lowest BCUT2D eigenvalue weighted by molar-refractivity contribution is 0.348. The summed E-state index contributed by atoms with van der Waals surface area (Å²) in [6, 6.07) is 1.30. The van der Waals surface area contributed by atoms with E-state index in [-0.39, 0.29) is 0 Å². The van der Waals surface area contributed by atoms with Crippen molar-refractivity contribution in [1.29, 1.82) is 0 Å². The third-order valence-corrected chi connectivity index (χ3v) is 5.58. The fraction of sp³-hybridized carbons (Fsp3) is 0.857. The lowest BCUT2D eigenvalue weighted by Gasteiger charge is -2.31. The Kier molecular flexibility index (Phi) is 2.90. The lowest BCUT2D eigenvalue weighted by atomic mass is 9.95. The molecule has 19 heavy (non-hydrogen) atoms. The molecule has 3 fully saturated rings. The fourth-order valence-corrected chi connectivity index (χ4v) is 4.61. The standard InChI is InChI=1S/C14H22N4S/c19-14-16-15-13(17-9-10-6-7-12(17)8-10)18(14)11-4-2-1-3-5-11/h10-12H,1-9H2,(H,16,19). The van der Waals surface area contributed by atoms with Gasteiger partial charge in [0, 0.05) is 18.6 Å². The van der Waals surface area contributed by atoms with E-state index in [2.05, 4.69) is 19.7 Å². The Labute approximate surface area is 119 Å². The predicted octanol–water partition coefficient (Wildman–Crippen LogP) is 3.43. The van der Waals surface area contributed by atoms with Gasteiger partial charge >= 0.3 is 0 Å². The number of hydrogen-bond acceptors (Lipinski definition) is 3. The van der Waals surface area contributed by atoms with Gasteiger partial charge in [0.05, 0.1) is 0 Å². The van der Waals surface area contributed by atoms with Crippen LogP contribution in [0, 0.1) is 10.7 Å². The first-order valence-corrected chi connectivity index (χ1v) is 8.17. The zero-order valence-corrected chi connectivity index (χ0v) is 12.2. The Balaban J connectivity index is 1.67. The first-order chi connectivity index (χ1) is 9.33. The van der Waals surface area contributed by atoms with Gasteiger partial charge in [0.15, 0.2) is 4.77 Å². The normalized spacial score (nSPS) is 31.3. The van der Waals surface area contributed by atoms with Gasteiger partial charge in [-0.2, -0.15) is 0 Å². The lowest BCUT2D eigenvalue weighted by Crippen LogP contribution is -2.35. The Morgan fingerprint density at radius 1 is 1.05 bits per heavy atom. The first-order valence-electron chi connectivity index (χ1n) is 7.76. The molecular formula is C14H22N4S. The summed E-state index contributed by atoms with van der Waals surface area (Å²) in [5, 5.41) is 7.61. The topological polar surface area (TPSA) is 36.9 Å². The number of aromatic nitrogens is 3. The second-order valence-electron chi connectivity index (χ2n) is 6.48. The van der Waals surface area contributed by atoms with E-state index in [1.165, 1.54) is 57.9 Å². The van der Waals surface area contributed by atoms with E-state index in [0.29, 0.717) is 6.04 Å². The molecule has 2 saturated carbocycles. The summed E-state index contributed by atoms with van der Waals surface area (Å²) >= 11 is 5.49. The van der Waals surface area contributed by atoms with Crippen molar-refractivity contribution in [3.05, 3.63) is 4.77 Å². The van der Waals surface area contributed by atoms with E-state index in [1.54, 1.807) is 0 Å². The van der Waals surface area contributed by atoms with E-state index in [4.69, 9.17) is 12.2 Å². The molecule has 4 rings (SSSR count). The van der Waals surface area contributed by atoms with Gasteiger partial charge in [0.1, 0.15) is 0 Å². The molecule has 2 bridgehead atoms. The average Bonchev–Trinajstić information content (AvgIpc) is 3.14. The summed E-state index contributed by atoms with van der Waals surface area (Å²) in [5.41, 5.74) is 0. The minimum atomic E-state index is 0.578. The van der Waals surface area contributed by atoms with Crippen molar-refractivity contribution >= 4 is 18.2 Å². The highest BCUT2D eigenvalue weighted by Crippen LogP contribution is 2.41. The molecule has 2 unspecified atom stereocenters. The summed E-state index contributed by atoms with van der Waals surface area (Å²) in [6.45, 7) is 1.19. The van der Waals surface area contributed by atoms with Gasteiger partial charge in [-0.05, 0) is 50.2 Å². The van der Waals surface area contributed by atoms with Crippen LogP contribution in [0.4, 0.5) is 5.95 Å². The predicted molar refractivity (Wildman–Crippen MR) is 78.0 cm³/mol. The second kappa shape index (κ2) is 4.62. The van der Waals surface area contributed by atoms with Gasteiger partial charge in [-0.25, -0.2) is 5.10 Å². The van der Waals surface area contributed by atoms with Crippen molar-refractivity contribution in [3.63, 3.8) is 0 Å². The summed E-state index contributed by atoms with van der Waals surface area (Å²) in [4.78, 5) is 2.52. The number of aromatic amines is 1. The molecule has 0 spiro atoms. The van der Waals surface area contributed by atoms with Crippen molar-refractivity contribution in [2.75, 3.05) is 11.4 Å². The van der Waals surface area contributed by atoms with Crippen LogP contribution in [0.25, 0.3) is 0 Å². The summed E-state index contributed by atoms with van der Waals surface area (Å²) in [6.07, 6.45) is 10.7. The van der Waals surface area contributed by atoms with Crippen molar-refractivity contribution < 1.29 is 0 Å². The van der Waals surface area contributed by atoms with E-state index in [0.717, 1.165) is 22.7 Å². The van der Waals surface area contributed by atoms with Crippen LogP contribution in [0.3, 0.4) is 0 Å². The maximum atomic E-state index is 5.49. The molecule has 2 aliphatic carbocycles. The summed E-state index contributed by atoms with van der Waals surface area (Å²) < 4.78 is 3.15. The van der Waals surface area contributed by atoms with Crippen molar-refractivity contribution in [2.24, 2.45) is 5.92 Å². The molecule has 2 atom stereocenters. The van der Waals surface area contributed by atoms with E-state index >= 15 is 0 Å².